The number of hydrogen-bond acceptors (Lipinski definition) is 5. The molecule has 1 aromatic heterocycles. The molecule has 0 aliphatic carbocycles. The zero-order valence-electron chi connectivity index (χ0n) is 15.2. The second-order valence-electron chi connectivity index (χ2n) is 6.68. The largest absolute Gasteiger partial charge is 0.503 e. The van der Waals surface area contributed by atoms with Gasteiger partial charge in [0.05, 0.1) is 17.9 Å². The van der Waals surface area contributed by atoms with Crippen molar-refractivity contribution < 1.29 is 19.1 Å². The molecule has 0 radical (unpaired) electrons. The fourth-order valence-electron chi connectivity index (χ4n) is 3.21. The summed E-state index contributed by atoms with van der Waals surface area (Å²) < 4.78 is 5.19. The average molecular weight is 389 g/mol. The molecule has 0 spiro atoms. The minimum Gasteiger partial charge on any atom is -0.503 e. The second-order valence-corrected chi connectivity index (χ2v) is 7.11. The molecule has 1 atom stereocenters. The van der Waals surface area contributed by atoms with E-state index in [0.717, 1.165) is 6.54 Å². The highest BCUT2D eigenvalue weighted by Crippen LogP contribution is 2.39. The highest BCUT2D eigenvalue weighted by atomic mass is 35.5. The van der Waals surface area contributed by atoms with E-state index in [1.165, 1.54) is 17.2 Å². The Kier molecular flexibility index (Phi) is 5.68. The zero-order chi connectivity index (χ0) is 19.6. The molecule has 6 nitrogen and oxygen atoms in total. The highest BCUT2D eigenvalue weighted by molar-refractivity contribution is 6.30. The number of nitrogens with zero attached hydrogens (tertiary/aromatic N) is 2. The quantitative estimate of drug-likeness (QED) is 0.735. The SMILES string of the molecule is CN(C)CCCN1C(=O)C(O)=C(C(=O)c2ccco2)C1c1ccc(Cl)cc1. The van der Waals surface area contributed by atoms with Gasteiger partial charge in [-0.25, -0.2) is 0 Å². The summed E-state index contributed by atoms with van der Waals surface area (Å²) in [5, 5.41) is 11.0. The summed E-state index contributed by atoms with van der Waals surface area (Å²) >= 11 is 5.98. The summed E-state index contributed by atoms with van der Waals surface area (Å²) in [6.45, 7) is 1.18. The third-order valence-corrected chi connectivity index (χ3v) is 4.74. The van der Waals surface area contributed by atoms with Gasteiger partial charge in [-0.1, -0.05) is 23.7 Å². The van der Waals surface area contributed by atoms with Gasteiger partial charge in [-0.15, -0.1) is 0 Å². The maximum atomic E-state index is 12.9. The zero-order valence-corrected chi connectivity index (χ0v) is 15.9. The lowest BCUT2D eigenvalue weighted by Gasteiger charge is -2.27. The molecule has 1 aliphatic heterocycles. The van der Waals surface area contributed by atoms with E-state index in [1.54, 1.807) is 30.3 Å². The molecule has 1 aromatic carbocycles. The maximum Gasteiger partial charge on any atom is 0.290 e. The predicted molar refractivity (Wildman–Crippen MR) is 102 cm³/mol. The molecule has 1 N–H and O–H groups in total. The standard InChI is InChI=1S/C20H21ClN2O4/c1-22(2)10-4-11-23-17(13-6-8-14(21)9-7-13)16(19(25)20(23)26)18(24)15-5-3-12-27-15/h3,5-9,12,17,25H,4,10-11H2,1-2H3. The number of rotatable bonds is 7. The van der Waals surface area contributed by atoms with Gasteiger partial charge >= 0.3 is 0 Å². The van der Waals surface area contributed by atoms with Crippen molar-refractivity contribution in [3.05, 3.63) is 70.3 Å². The molecule has 1 unspecified atom stereocenters. The molecule has 7 heteroatoms. The van der Waals surface area contributed by atoms with Gasteiger partial charge in [-0.05, 0) is 56.9 Å². The van der Waals surface area contributed by atoms with Crippen LogP contribution in [0.3, 0.4) is 0 Å². The number of hydrogen-bond donors (Lipinski definition) is 1. The van der Waals surface area contributed by atoms with Gasteiger partial charge in [0.15, 0.2) is 11.5 Å². The van der Waals surface area contributed by atoms with Gasteiger partial charge in [0, 0.05) is 11.6 Å². The van der Waals surface area contributed by atoms with Crippen LogP contribution in [0.1, 0.15) is 28.6 Å². The van der Waals surface area contributed by atoms with Gasteiger partial charge in [0.2, 0.25) is 5.78 Å². The number of benzene rings is 1. The minimum atomic E-state index is -0.686. The molecule has 2 heterocycles. The van der Waals surface area contributed by atoms with Gasteiger partial charge in [0.25, 0.3) is 5.91 Å². The lowest BCUT2D eigenvalue weighted by atomic mass is 9.95. The molecule has 0 fully saturated rings. The van der Waals surface area contributed by atoms with Crippen LogP contribution in [-0.2, 0) is 4.79 Å². The lowest BCUT2D eigenvalue weighted by Crippen LogP contribution is -2.33. The van der Waals surface area contributed by atoms with Crippen molar-refractivity contribution in [3.8, 4) is 0 Å². The van der Waals surface area contributed by atoms with Crippen molar-refractivity contribution in [1.82, 2.24) is 9.80 Å². The number of Topliss-reactive ketones (excluding diaryl/α,β-unsaturated/α-hetero) is 1. The normalized spacial score (nSPS) is 17.3. The van der Waals surface area contributed by atoms with Crippen molar-refractivity contribution in [2.75, 3.05) is 27.2 Å². The Morgan fingerprint density at radius 1 is 1.26 bits per heavy atom. The van der Waals surface area contributed by atoms with Gasteiger partial charge < -0.3 is 19.3 Å². The third kappa shape index (κ3) is 3.91. The summed E-state index contributed by atoms with van der Waals surface area (Å²) in [6.07, 6.45) is 2.09. The molecule has 2 aromatic rings. The summed E-state index contributed by atoms with van der Waals surface area (Å²) in [4.78, 5) is 29.2. The first-order chi connectivity index (χ1) is 12.9. The van der Waals surface area contributed by atoms with E-state index in [0.29, 0.717) is 23.6 Å². The number of halogens is 1. The molecule has 3 rings (SSSR count). The van der Waals surface area contributed by atoms with Crippen LogP contribution in [0.4, 0.5) is 0 Å². The number of aliphatic hydroxyl groups excluding tert-OH is 1. The Bertz CT molecular complexity index is 857. The third-order valence-electron chi connectivity index (χ3n) is 4.48. The van der Waals surface area contributed by atoms with Crippen LogP contribution < -0.4 is 0 Å². The smallest absolute Gasteiger partial charge is 0.290 e. The number of carbonyl (C=O) groups excluding carboxylic acids is 2. The summed E-state index contributed by atoms with van der Waals surface area (Å²) in [5.41, 5.74) is 0.735. The molecule has 0 saturated carbocycles. The summed E-state index contributed by atoms with van der Waals surface area (Å²) in [6, 6.07) is 9.33. The van der Waals surface area contributed by atoms with Crippen molar-refractivity contribution >= 4 is 23.3 Å². The monoisotopic (exact) mass is 388 g/mol. The molecule has 27 heavy (non-hydrogen) atoms. The Morgan fingerprint density at radius 2 is 1.96 bits per heavy atom. The van der Waals surface area contributed by atoms with Crippen LogP contribution >= 0.6 is 11.6 Å². The molecule has 1 amide bonds. The number of amides is 1. The van der Waals surface area contributed by atoms with Crippen LogP contribution in [0.2, 0.25) is 5.02 Å². The first-order valence-corrected chi connectivity index (χ1v) is 9.00. The lowest BCUT2D eigenvalue weighted by molar-refractivity contribution is -0.129. The molecular weight excluding hydrogens is 368 g/mol. The van der Waals surface area contributed by atoms with Crippen molar-refractivity contribution in [2.24, 2.45) is 0 Å². The fourth-order valence-corrected chi connectivity index (χ4v) is 3.33. The Morgan fingerprint density at radius 3 is 2.56 bits per heavy atom. The van der Waals surface area contributed by atoms with Crippen LogP contribution in [-0.4, -0.2) is 53.8 Å². The molecule has 0 saturated heterocycles. The van der Waals surface area contributed by atoms with Crippen molar-refractivity contribution in [1.29, 1.82) is 0 Å². The summed E-state index contributed by atoms with van der Waals surface area (Å²) in [5.74, 6) is -1.50. The van der Waals surface area contributed by atoms with E-state index in [9.17, 15) is 14.7 Å². The molecule has 0 bridgehead atoms. The molecule has 1 aliphatic rings. The fraction of sp³-hybridized carbons (Fsp3) is 0.300. The Hall–Kier alpha value is -2.57. The van der Waals surface area contributed by atoms with E-state index < -0.39 is 23.5 Å². The molecule has 142 valence electrons. The highest BCUT2D eigenvalue weighted by Gasteiger charge is 2.44. The maximum absolute atomic E-state index is 12.9. The summed E-state index contributed by atoms with van der Waals surface area (Å²) in [7, 11) is 3.90. The van der Waals surface area contributed by atoms with E-state index in [1.807, 2.05) is 19.0 Å². The van der Waals surface area contributed by atoms with E-state index in [2.05, 4.69) is 0 Å². The first-order valence-electron chi connectivity index (χ1n) is 8.62. The number of ketones is 1. The van der Waals surface area contributed by atoms with Crippen LogP contribution in [0.15, 0.2) is 58.4 Å². The van der Waals surface area contributed by atoms with E-state index in [-0.39, 0.29) is 11.3 Å². The van der Waals surface area contributed by atoms with Gasteiger partial charge in [-0.2, -0.15) is 0 Å². The predicted octanol–water partition coefficient (Wildman–Crippen LogP) is 3.46. The van der Waals surface area contributed by atoms with E-state index >= 15 is 0 Å². The number of aliphatic hydroxyl groups is 1. The topological polar surface area (TPSA) is 74.0 Å². The number of carbonyl (C=O) groups is 2. The molecular formula is C20H21ClN2O4. The Balaban J connectivity index is 1.99. The van der Waals surface area contributed by atoms with Crippen LogP contribution in [0.25, 0.3) is 0 Å². The van der Waals surface area contributed by atoms with Gasteiger partial charge in [0.1, 0.15) is 0 Å². The van der Waals surface area contributed by atoms with Crippen molar-refractivity contribution in [3.63, 3.8) is 0 Å². The average Bonchev–Trinajstić information content (AvgIpc) is 3.25. The van der Waals surface area contributed by atoms with Crippen molar-refractivity contribution in [2.45, 2.75) is 12.5 Å². The van der Waals surface area contributed by atoms with Gasteiger partial charge in [-0.3, -0.25) is 9.59 Å². The second kappa shape index (κ2) is 7.98. The minimum absolute atomic E-state index is 0.0297. The first kappa shape index (κ1) is 19.2. The van der Waals surface area contributed by atoms with E-state index in [4.69, 9.17) is 16.0 Å². The van der Waals surface area contributed by atoms with Crippen LogP contribution in [0, 0.1) is 0 Å². The van der Waals surface area contributed by atoms with Crippen LogP contribution in [0.5, 0.6) is 0 Å². The number of furan rings is 1. The Labute approximate surface area is 162 Å².